The van der Waals surface area contributed by atoms with E-state index in [0.29, 0.717) is 29.1 Å². The second-order valence-electron chi connectivity index (χ2n) is 6.56. The van der Waals surface area contributed by atoms with E-state index >= 15 is 0 Å². The van der Waals surface area contributed by atoms with Gasteiger partial charge in [-0.2, -0.15) is 9.97 Å². The molecule has 3 aromatic carbocycles. The van der Waals surface area contributed by atoms with E-state index in [1.807, 2.05) is 92.7 Å². The second kappa shape index (κ2) is 7.92. The van der Waals surface area contributed by atoms with Gasteiger partial charge in [0, 0.05) is 5.56 Å². The largest absolute Gasteiger partial charge is 0.439 e. The van der Waals surface area contributed by atoms with Gasteiger partial charge in [0.25, 0.3) is 0 Å². The number of hydrogen-bond acceptors (Lipinski definition) is 4. The summed E-state index contributed by atoms with van der Waals surface area (Å²) >= 11 is 0. The lowest BCUT2D eigenvalue weighted by Crippen LogP contribution is -1.97. The van der Waals surface area contributed by atoms with Crippen molar-refractivity contribution in [3.63, 3.8) is 0 Å². The summed E-state index contributed by atoms with van der Waals surface area (Å²) in [6.07, 6.45) is 0. The average molecular weight is 368 g/mol. The van der Waals surface area contributed by atoms with Gasteiger partial charge in [0.1, 0.15) is 11.5 Å². The third-order valence-corrected chi connectivity index (χ3v) is 4.20. The highest BCUT2D eigenvalue weighted by atomic mass is 16.5. The number of rotatable bonds is 5. The number of hydrogen-bond donors (Lipinski definition) is 0. The fraction of sp³-hybridized carbons (Fsp3) is 0.0833. The zero-order chi connectivity index (χ0) is 19.3. The lowest BCUT2D eigenvalue weighted by atomic mass is 10.2. The van der Waals surface area contributed by atoms with Gasteiger partial charge in [-0.3, -0.25) is 0 Å². The zero-order valence-electron chi connectivity index (χ0n) is 15.8. The molecule has 0 atom stereocenters. The van der Waals surface area contributed by atoms with E-state index in [1.54, 1.807) is 6.07 Å². The Kier molecular flexibility index (Phi) is 5.02. The van der Waals surface area contributed by atoms with Crippen molar-refractivity contribution in [2.24, 2.45) is 0 Å². The summed E-state index contributed by atoms with van der Waals surface area (Å²) in [6.45, 7) is 4.07. The molecule has 28 heavy (non-hydrogen) atoms. The summed E-state index contributed by atoms with van der Waals surface area (Å²) in [7, 11) is 0. The lowest BCUT2D eigenvalue weighted by molar-refractivity contribution is 0.435. The quantitative estimate of drug-likeness (QED) is 0.412. The monoisotopic (exact) mass is 368 g/mol. The first kappa shape index (κ1) is 17.7. The van der Waals surface area contributed by atoms with Crippen LogP contribution in [-0.2, 0) is 0 Å². The Labute approximate surface area is 164 Å². The SMILES string of the molecule is Cc1ccc(Oc2cc(Oc3ccc(C)cc3)nc(-c3ccccc3)n2)cc1. The molecular weight excluding hydrogens is 348 g/mol. The van der Waals surface area contributed by atoms with E-state index in [9.17, 15) is 0 Å². The van der Waals surface area contributed by atoms with Crippen molar-refractivity contribution in [3.8, 4) is 34.6 Å². The van der Waals surface area contributed by atoms with Gasteiger partial charge in [0.2, 0.25) is 11.8 Å². The third kappa shape index (κ3) is 4.35. The van der Waals surface area contributed by atoms with Gasteiger partial charge >= 0.3 is 0 Å². The summed E-state index contributed by atoms with van der Waals surface area (Å²) in [5, 5.41) is 0. The fourth-order valence-corrected chi connectivity index (χ4v) is 2.68. The van der Waals surface area contributed by atoms with Crippen molar-refractivity contribution in [1.82, 2.24) is 9.97 Å². The molecule has 138 valence electrons. The van der Waals surface area contributed by atoms with Crippen LogP contribution in [0.25, 0.3) is 11.4 Å². The van der Waals surface area contributed by atoms with E-state index < -0.39 is 0 Å². The lowest BCUT2D eigenvalue weighted by Gasteiger charge is -2.11. The molecule has 1 heterocycles. The number of aromatic nitrogens is 2. The fourth-order valence-electron chi connectivity index (χ4n) is 2.68. The van der Waals surface area contributed by atoms with Crippen LogP contribution in [0, 0.1) is 13.8 Å². The first-order valence-corrected chi connectivity index (χ1v) is 9.09. The molecule has 0 amide bonds. The van der Waals surface area contributed by atoms with Crippen molar-refractivity contribution in [2.75, 3.05) is 0 Å². The van der Waals surface area contributed by atoms with Crippen molar-refractivity contribution in [2.45, 2.75) is 13.8 Å². The zero-order valence-corrected chi connectivity index (χ0v) is 15.8. The molecular formula is C24H20N2O2. The van der Waals surface area contributed by atoms with Crippen LogP contribution in [0.5, 0.6) is 23.3 Å². The highest BCUT2D eigenvalue weighted by molar-refractivity contribution is 5.56. The van der Waals surface area contributed by atoms with Crippen LogP contribution >= 0.6 is 0 Å². The van der Waals surface area contributed by atoms with Gasteiger partial charge < -0.3 is 9.47 Å². The van der Waals surface area contributed by atoms with Gasteiger partial charge in [-0.05, 0) is 38.1 Å². The molecule has 0 radical (unpaired) electrons. The second-order valence-corrected chi connectivity index (χ2v) is 6.56. The van der Waals surface area contributed by atoms with Gasteiger partial charge in [0.05, 0.1) is 6.07 Å². The summed E-state index contributed by atoms with van der Waals surface area (Å²) in [6, 6.07) is 27.1. The Morgan fingerprint density at radius 1 is 0.571 bits per heavy atom. The van der Waals surface area contributed by atoms with Gasteiger partial charge in [-0.25, -0.2) is 0 Å². The molecule has 4 aromatic rings. The highest BCUT2D eigenvalue weighted by Gasteiger charge is 2.10. The smallest absolute Gasteiger partial charge is 0.226 e. The van der Waals surface area contributed by atoms with Crippen LogP contribution in [-0.4, -0.2) is 9.97 Å². The van der Waals surface area contributed by atoms with E-state index in [0.717, 1.165) is 5.56 Å². The van der Waals surface area contributed by atoms with Crippen LogP contribution in [0.4, 0.5) is 0 Å². The predicted octanol–water partition coefficient (Wildman–Crippen LogP) is 6.35. The first-order valence-electron chi connectivity index (χ1n) is 9.09. The maximum absolute atomic E-state index is 5.96. The van der Waals surface area contributed by atoms with E-state index in [-0.39, 0.29) is 0 Å². The molecule has 0 aliphatic rings. The standard InChI is InChI=1S/C24H20N2O2/c1-17-8-12-20(13-9-17)27-22-16-23(28-21-14-10-18(2)11-15-21)26-24(25-22)19-6-4-3-5-7-19/h3-16H,1-2H3. The Morgan fingerprint density at radius 3 is 1.50 bits per heavy atom. The molecule has 0 fully saturated rings. The van der Waals surface area contributed by atoms with Crippen LogP contribution in [0.2, 0.25) is 0 Å². The maximum atomic E-state index is 5.96. The van der Waals surface area contributed by atoms with Crippen molar-refractivity contribution >= 4 is 0 Å². The molecule has 0 N–H and O–H groups in total. The van der Waals surface area contributed by atoms with Crippen LogP contribution in [0.15, 0.2) is 84.9 Å². The predicted molar refractivity (Wildman–Crippen MR) is 110 cm³/mol. The van der Waals surface area contributed by atoms with Crippen LogP contribution in [0.1, 0.15) is 11.1 Å². The number of aryl methyl sites for hydroxylation is 2. The molecule has 4 rings (SSSR count). The van der Waals surface area contributed by atoms with Crippen molar-refractivity contribution < 1.29 is 9.47 Å². The molecule has 0 saturated heterocycles. The molecule has 0 aliphatic carbocycles. The topological polar surface area (TPSA) is 44.2 Å². The maximum Gasteiger partial charge on any atom is 0.226 e. The average Bonchev–Trinajstić information content (AvgIpc) is 2.72. The number of nitrogens with zero attached hydrogens (tertiary/aromatic N) is 2. The minimum absolute atomic E-state index is 0.430. The molecule has 0 saturated carbocycles. The Hall–Kier alpha value is -3.66. The Morgan fingerprint density at radius 2 is 1.04 bits per heavy atom. The Bertz CT molecular complexity index is 994. The molecule has 0 aliphatic heterocycles. The van der Waals surface area contributed by atoms with Crippen LogP contribution < -0.4 is 9.47 Å². The minimum Gasteiger partial charge on any atom is -0.439 e. The first-order chi connectivity index (χ1) is 13.7. The number of benzene rings is 3. The molecule has 4 heteroatoms. The molecule has 0 unspecified atom stereocenters. The van der Waals surface area contributed by atoms with Crippen molar-refractivity contribution in [3.05, 3.63) is 96.1 Å². The summed E-state index contributed by atoms with van der Waals surface area (Å²) in [5.74, 6) is 2.83. The third-order valence-electron chi connectivity index (χ3n) is 4.20. The summed E-state index contributed by atoms with van der Waals surface area (Å²) in [5.41, 5.74) is 3.23. The van der Waals surface area contributed by atoms with Gasteiger partial charge in [-0.15, -0.1) is 0 Å². The normalized spacial score (nSPS) is 10.5. The molecule has 0 spiro atoms. The molecule has 1 aromatic heterocycles. The number of ether oxygens (including phenoxy) is 2. The van der Waals surface area contributed by atoms with Gasteiger partial charge in [-0.1, -0.05) is 65.7 Å². The highest BCUT2D eigenvalue weighted by Crippen LogP contribution is 2.29. The summed E-state index contributed by atoms with van der Waals surface area (Å²) in [4.78, 5) is 9.13. The van der Waals surface area contributed by atoms with Crippen molar-refractivity contribution in [1.29, 1.82) is 0 Å². The molecule has 4 nitrogen and oxygen atoms in total. The van der Waals surface area contributed by atoms with Crippen LogP contribution in [0.3, 0.4) is 0 Å². The van der Waals surface area contributed by atoms with Gasteiger partial charge in [0.15, 0.2) is 5.82 Å². The Balaban J connectivity index is 1.70. The van der Waals surface area contributed by atoms with E-state index in [4.69, 9.17) is 9.47 Å². The summed E-state index contributed by atoms with van der Waals surface area (Å²) < 4.78 is 11.9. The molecule has 0 bridgehead atoms. The minimum atomic E-state index is 0.430. The van der Waals surface area contributed by atoms with E-state index in [2.05, 4.69) is 9.97 Å². The van der Waals surface area contributed by atoms with E-state index in [1.165, 1.54) is 11.1 Å².